The summed E-state index contributed by atoms with van der Waals surface area (Å²) in [6.07, 6.45) is -4.68. The Hall–Kier alpha value is -1.35. The number of rotatable bonds is 4. The average molecular weight is 286 g/mol. The Labute approximate surface area is 101 Å². The van der Waals surface area contributed by atoms with Gasteiger partial charge in [-0.25, -0.2) is 12.8 Å². The number of alkyl halides is 3. The van der Waals surface area contributed by atoms with Gasteiger partial charge in [-0.1, -0.05) is 0 Å². The van der Waals surface area contributed by atoms with Gasteiger partial charge in [0.15, 0.2) is 0 Å². The maximum absolute atomic E-state index is 13.2. The van der Waals surface area contributed by atoms with Crippen LogP contribution in [0.2, 0.25) is 0 Å². The summed E-state index contributed by atoms with van der Waals surface area (Å²) < 4.78 is 74.6. The molecule has 0 unspecified atom stereocenters. The summed E-state index contributed by atoms with van der Waals surface area (Å²) in [5.74, 6) is -1.61. The van der Waals surface area contributed by atoms with Crippen LogP contribution < -0.4 is 10.5 Å². The van der Waals surface area contributed by atoms with Crippen LogP contribution in [0.3, 0.4) is 0 Å². The number of anilines is 1. The number of benzene rings is 1. The molecular weight excluding hydrogens is 276 g/mol. The molecule has 0 aliphatic rings. The molecular formula is C9H10F4N2O2S. The molecule has 18 heavy (non-hydrogen) atoms. The molecule has 102 valence electrons. The minimum absolute atomic E-state index is 0.226. The van der Waals surface area contributed by atoms with E-state index in [2.05, 4.69) is 0 Å². The van der Waals surface area contributed by atoms with Crippen LogP contribution in [-0.2, 0) is 16.2 Å². The minimum atomic E-state index is -4.68. The molecule has 0 aliphatic carbocycles. The molecule has 0 saturated heterocycles. The maximum atomic E-state index is 13.2. The van der Waals surface area contributed by atoms with E-state index in [1.54, 1.807) is 4.72 Å². The lowest BCUT2D eigenvalue weighted by Crippen LogP contribution is -2.23. The third kappa shape index (κ3) is 3.84. The SMILES string of the molecule is NCCS(=O)(=O)Nc1cc(C(F)(F)F)ccc1F. The van der Waals surface area contributed by atoms with E-state index in [1.807, 2.05) is 0 Å². The summed E-state index contributed by atoms with van der Waals surface area (Å²) in [7, 11) is -3.95. The smallest absolute Gasteiger partial charge is 0.329 e. The first-order chi connectivity index (χ1) is 8.15. The molecule has 0 heterocycles. The van der Waals surface area contributed by atoms with Gasteiger partial charge in [-0.3, -0.25) is 4.72 Å². The van der Waals surface area contributed by atoms with E-state index in [9.17, 15) is 26.0 Å². The van der Waals surface area contributed by atoms with Crippen molar-refractivity contribution in [2.45, 2.75) is 6.18 Å². The van der Waals surface area contributed by atoms with E-state index in [-0.39, 0.29) is 6.54 Å². The van der Waals surface area contributed by atoms with E-state index in [4.69, 9.17) is 5.73 Å². The van der Waals surface area contributed by atoms with Gasteiger partial charge in [-0.2, -0.15) is 13.2 Å². The molecule has 0 bridgehead atoms. The largest absolute Gasteiger partial charge is 0.416 e. The monoisotopic (exact) mass is 286 g/mol. The molecule has 0 aliphatic heterocycles. The second-order valence-corrected chi connectivity index (χ2v) is 5.24. The van der Waals surface area contributed by atoms with Gasteiger partial charge in [0.2, 0.25) is 10.0 Å². The first-order valence-electron chi connectivity index (χ1n) is 4.73. The summed E-state index contributed by atoms with van der Waals surface area (Å²) in [6.45, 7) is -0.226. The van der Waals surface area contributed by atoms with Gasteiger partial charge in [0.1, 0.15) is 5.82 Å². The van der Waals surface area contributed by atoms with Gasteiger partial charge >= 0.3 is 6.18 Å². The maximum Gasteiger partial charge on any atom is 0.416 e. The van der Waals surface area contributed by atoms with E-state index in [0.29, 0.717) is 18.2 Å². The molecule has 4 nitrogen and oxygen atoms in total. The van der Waals surface area contributed by atoms with E-state index in [1.165, 1.54) is 0 Å². The Morgan fingerprint density at radius 2 is 1.89 bits per heavy atom. The molecule has 1 aromatic rings. The molecule has 1 aromatic carbocycles. The van der Waals surface area contributed by atoms with E-state index in [0.717, 1.165) is 0 Å². The summed E-state index contributed by atoms with van der Waals surface area (Å²) in [6, 6.07) is 1.46. The van der Waals surface area contributed by atoms with Gasteiger partial charge in [0.05, 0.1) is 17.0 Å². The highest BCUT2D eigenvalue weighted by Gasteiger charge is 2.31. The Kier molecular flexibility index (Phi) is 4.17. The van der Waals surface area contributed by atoms with Crippen molar-refractivity contribution in [2.75, 3.05) is 17.0 Å². The van der Waals surface area contributed by atoms with Crippen molar-refractivity contribution in [2.24, 2.45) is 5.73 Å². The van der Waals surface area contributed by atoms with Crippen LogP contribution in [0.25, 0.3) is 0 Å². The van der Waals surface area contributed by atoms with Crippen molar-refractivity contribution < 1.29 is 26.0 Å². The van der Waals surface area contributed by atoms with Crippen LogP contribution in [0, 0.1) is 5.82 Å². The fourth-order valence-corrected chi connectivity index (χ4v) is 2.06. The van der Waals surface area contributed by atoms with Crippen molar-refractivity contribution in [3.05, 3.63) is 29.6 Å². The van der Waals surface area contributed by atoms with Crippen LogP contribution in [0.15, 0.2) is 18.2 Å². The second-order valence-electron chi connectivity index (χ2n) is 3.40. The summed E-state index contributed by atoms with van der Waals surface area (Å²) in [4.78, 5) is 0. The zero-order valence-electron chi connectivity index (χ0n) is 8.96. The summed E-state index contributed by atoms with van der Waals surface area (Å²) >= 11 is 0. The zero-order valence-corrected chi connectivity index (χ0v) is 9.78. The van der Waals surface area contributed by atoms with Gasteiger partial charge < -0.3 is 5.73 Å². The topological polar surface area (TPSA) is 72.2 Å². The third-order valence-corrected chi connectivity index (χ3v) is 3.25. The van der Waals surface area contributed by atoms with Gasteiger partial charge in [0.25, 0.3) is 0 Å². The first-order valence-corrected chi connectivity index (χ1v) is 6.38. The lowest BCUT2D eigenvalue weighted by molar-refractivity contribution is -0.137. The Morgan fingerprint density at radius 3 is 2.39 bits per heavy atom. The second kappa shape index (κ2) is 5.11. The van der Waals surface area contributed by atoms with Crippen LogP contribution in [0.4, 0.5) is 23.2 Å². The average Bonchev–Trinajstić information content (AvgIpc) is 2.19. The number of sulfonamides is 1. The van der Waals surface area contributed by atoms with Gasteiger partial charge in [0, 0.05) is 6.54 Å². The molecule has 0 radical (unpaired) electrons. The number of hydrogen-bond donors (Lipinski definition) is 2. The highest BCUT2D eigenvalue weighted by atomic mass is 32.2. The van der Waals surface area contributed by atoms with E-state index < -0.39 is 39.0 Å². The molecule has 3 N–H and O–H groups in total. The van der Waals surface area contributed by atoms with Crippen molar-refractivity contribution in [1.82, 2.24) is 0 Å². The van der Waals surface area contributed by atoms with Crippen LogP contribution in [-0.4, -0.2) is 20.7 Å². The number of halogens is 4. The molecule has 0 amide bonds. The van der Waals surface area contributed by atoms with Crippen molar-refractivity contribution in [3.63, 3.8) is 0 Å². The normalized spacial score (nSPS) is 12.5. The molecule has 0 spiro atoms. The molecule has 0 aromatic heterocycles. The predicted molar refractivity (Wildman–Crippen MR) is 57.9 cm³/mol. The van der Waals surface area contributed by atoms with Crippen molar-refractivity contribution in [3.8, 4) is 0 Å². The highest BCUT2D eigenvalue weighted by Crippen LogP contribution is 2.32. The van der Waals surface area contributed by atoms with Crippen molar-refractivity contribution >= 4 is 15.7 Å². The summed E-state index contributed by atoms with van der Waals surface area (Å²) in [5.41, 5.74) is 3.12. The zero-order chi connectivity index (χ0) is 14.0. The minimum Gasteiger partial charge on any atom is -0.329 e. The fraction of sp³-hybridized carbons (Fsp3) is 0.333. The van der Waals surface area contributed by atoms with Crippen LogP contribution >= 0.6 is 0 Å². The van der Waals surface area contributed by atoms with Crippen LogP contribution in [0.5, 0.6) is 0 Å². The molecule has 0 saturated carbocycles. The Morgan fingerprint density at radius 1 is 1.28 bits per heavy atom. The fourth-order valence-electron chi connectivity index (χ4n) is 1.15. The highest BCUT2D eigenvalue weighted by molar-refractivity contribution is 7.92. The van der Waals surface area contributed by atoms with Gasteiger partial charge in [-0.05, 0) is 18.2 Å². The van der Waals surface area contributed by atoms with Crippen LogP contribution in [0.1, 0.15) is 5.56 Å². The molecule has 0 fully saturated rings. The third-order valence-electron chi connectivity index (χ3n) is 1.95. The Bertz CT molecular complexity index is 528. The molecule has 9 heteroatoms. The first kappa shape index (κ1) is 14.7. The number of nitrogens with one attached hydrogen (secondary N) is 1. The lowest BCUT2D eigenvalue weighted by atomic mass is 10.2. The predicted octanol–water partition coefficient (Wildman–Crippen LogP) is 1.54. The standard InChI is InChI=1S/C9H10F4N2O2S/c10-7-2-1-6(9(11,12)13)5-8(7)15-18(16,17)4-3-14/h1-2,5,15H,3-4,14H2. The van der Waals surface area contributed by atoms with E-state index >= 15 is 0 Å². The van der Waals surface area contributed by atoms with Gasteiger partial charge in [-0.15, -0.1) is 0 Å². The summed E-state index contributed by atoms with van der Waals surface area (Å²) in [5, 5.41) is 0. The lowest BCUT2D eigenvalue weighted by Gasteiger charge is -2.11. The quantitative estimate of drug-likeness (QED) is 0.825. The molecule has 1 rings (SSSR count). The van der Waals surface area contributed by atoms with Crippen molar-refractivity contribution in [1.29, 1.82) is 0 Å². The number of hydrogen-bond acceptors (Lipinski definition) is 3. The molecule has 0 atom stereocenters. The Balaban J connectivity index is 3.10. The number of nitrogens with two attached hydrogens (primary N) is 1.